The molecule has 0 aliphatic carbocycles. The van der Waals surface area contributed by atoms with Gasteiger partial charge >= 0.3 is 0 Å². The maximum absolute atomic E-state index is 13.2. The van der Waals surface area contributed by atoms with Crippen LogP contribution in [0.4, 0.5) is 0 Å². The Balaban J connectivity index is 1.80. The van der Waals surface area contributed by atoms with Crippen LogP contribution >= 0.6 is 0 Å². The predicted molar refractivity (Wildman–Crippen MR) is 119 cm³/mol. The fourth-order valence-corrected chi connectivity index (χ4v) is 3.19. The van der Waals surface area contributed by atoms with Gasteiger partial charge < -0.3 is 4.90 Å². The average Bonchev–Trinajstić information content (AvgIpc) is 2.73. The van der Waals surface area contributed by atoms with E-state index in [9.17, 15) is 9.59 Å². The van der Waals surface area contributed by atoms with E-state index in [-0.39, 0.29) is 23.4 Å². The Kier molecular flexibility index (Phi) is 6.83. The van der Waals surface area contributed by atoms with Crippen LogP contribution in [0.5, 0.6) is 0 Å². The number of carbonyl (C=O) groups excluding carboxylic acids is 1. The van der Waals surface area contributed by atoms with Crippen LogP contribution in [0, 0.1) is 0 Å². The van der Waals surface area contributed by atoms with Gasteiger partial charge in [-0.25, -0.2) is 4.68 Å². The molecule has 30 heavy (non-hydrogen) atoms. The molecule has 0 atom stereocenters. The lowest BCUT2D eigenvalue weighted by Crippen LogP contribution is -2.38. The second kappa shape index (κ2) is 9.53. The third-order valence-corrected chi connectivity index (χ3v) is 5.00. The van der Waals surface area contributed by atoms with Gasteiger partial charge in [0.2, 0.25) is 5.91 Å². The minimum atomic E-state index is -0.265. The summed E-state index contributed by atoms with van der Waals surface area (Å²) in [6.07, 6.45) is 0.754. The molecule has 0 fully saturated rings. The summed E-state index contributed by atoms with van der Waals surface area (Å²) in [4.78, 5) is 27.3. The van der Waals surface area contributed by atoms with E-state index in [1.165, 1.54) is 16.3 Å². The van der Waals surface area contributed by atoms with E-state index in [1.807, 2.05) is 69.3 Å². The molecule has 1 heterocycles. The number of aromatic nitrogens is 2. The minimum absolute atomic E-state index is 0.0651. The first-order valence-electron chi connectivity index (χ1n) is 10.3. The molecule has 0 aliphatic heterocycles. The highest BCUT2D eigenvalue weighted by atomic mass is 16.2. The van der Waals surface area contributed by atoms with Crippen molar-refractivity contribution in [3.05, 3.63) is 100.0 Å². The van der Waals surface area contributed by atoms with Crippen LogP contribution in [0.1, 0.15) is 37.6 Å². The lowest BCUT2D eigenvalue weighted by atomic mass is 9.92. The van der Waals surface area contributed by atoms with Crippen molar-refractivity contribution in [2.24, 2.45) is 0 Å². The van der Waals surface area contributed by atoms with Gasteiger partial charge in [0.1, 0.15) is 6.54 Å². The molecule has 5 nitrogen and oxygen atoms in total. The third kappa shape index (κ3) is 5.89. The minimum Gasteiger partial charge on any atom is -0.336 e. The van der Waals surface area contributed by atoms with Gasteiger partial charge in [0.15, 0.2) is 0 Å². The van der Waals surface area contributed by atoms with Crippen molar-refractivity contribution in [2.45, 2.75) is 45.7 Å². The lowest BCUT2D eigenvalue weighted by molar-refractivity contribution is -0.132. The number of amides is 1. The van der Waals surface area contributed by atoms with E-state index in [2.05, 4.69) is 17.2 Å². The summed E-state index contributed by atoms with van der Waals surface area (Å²) in [5, 5.41) is 4.45. The van der Waals surface area contributed by atoms with Crippen LogP contribution < -0.4 is 5.56 Å². The molecule has 1 aromatic heterocycles. The molecule has 0 spiro atoms. The van der Waals surface area contributed by atoms with Crippen molar-refractivity contribution in [1.29, 1.82) is 0 Å². The molecule has 5 heteroatoms. The summed E-state index contributed by atoms with van der Waals surface area (Å²) in [7, 11) is 0. The van der Waals surface area contributed by atoms with Crippen LogP contribution in [0.2, 0.25) is 0 Å². The largest absolute Gasteiger partial charge is 0.336 e. The highest BCUT2D eigenvalue weighted by Gasteiger charge is 2.19. The molecule has 156 valence electrons. The third-order valence-electron chi connectivity index (χ3n) is 5.00. The van der Waals surface area contributed by atoms with Crippen LogP contribution in [0.3, 0.4) is 0 Å². The van der Waals surface area contributed by atoms with Crippen LogP contribution in [0.15, 0.2) is 77.6 Å². The van der Waals surface area contributed by atoms with Crippen molar-refractivity contribution in [1.82, 2.24) is 14.7 Å². The fourth-order valence-electron chi connectivity index (χ4n) is 3.19. The zero-order chi connectivity index (χ0) is 21.6. The summed E-state index contributed by atoms with van der Waals surface area (Å²) in [5.74, 6) is -0.115. The predicted octanol–water partition coefficient (Wildman–Crippen LogP) is 3.81. The number of hydrogen-bond donors (Lipinski definition) is 0. The van der Waals surface area contributed by atoms with Crippen LogP contribution in [0.25, 0.3) is 0 Å². The van der Waals surface area contributed by atoms with Crippen LogP contribution in [-0.2, 0) is 29.7 Å². The molecule has 1 amide bonds. The second-order valence-electron chi connectivity index (χ2n) is 8.50. The number of benzene rings is 2. The first kappa shape index (κ1) is 21.5. The summed E-state index contributed by atoms with van der Waals surface area (Å²) in [6.45, 7) is 7.12. The molecule has 0 bridgehead atoms. The van der Waals surface area contributed by atoms with E-state index >= 15 is 0 Å². The van der Waals surface area contributed by atoms with E-state index in [4.69, 9.17) is 0 Å². The molecule has 0 saturated heterocycles. The zero-order valence-corrected chi connectivity index (χ0v) is 17.9. The van der Waals surface area contributed by atoms with Crippen LogP contribution in [-0.4, -0.2) is 27.1 Å². The summed E-state index contributed by atoms with van der Waals surface area (Å²) >= 11 is 0. The molecule has 0 aliphatic rings. The van der Waals surface area contributed by atoms with Gasteiger partial charge in [0.25, 0.3) is 5.56 Å². The maximum atomic E-state index is 13.2. The van der Waals surface area contributed by atoms with Gasteiger partial charge in [-0.3, -0.25) is 9.59 Å². The van der Waals surface area contributed by atoms with E-state index in [0.717, 1.165) is 17.7 Å². The van der Waals surface area contributed by atoms with Gasteiger partial charge in [-0.2, -0.15) is 5.10 Å². The summed E-state index contributed by atoms with van der Waals surface area (Å²) in [6, 6.07) is 23.2. The fraction of sp³-hybridized carbons (Fsp3) is 0.320. The number of rotatable bonds is 7. The van der Waals surface area contributed by atoms with E-state index in [0.29, 0.717) is 13.1 Å². The van der Waals surface area contributed by atoms with Gasteiger partial charge in [0, 0.05) is 24.6 Å². The Morgan fingerprint density at radius 2 is 1.50 bits per heavy atom. The number of hydrogen-bond acceptors (Lipinski definition) is 3. The first-order valence-corrected chi connectivity index (χ1v) is 10.3. The molecule has 0 radical (unpaired) electrons. The molecular weight excluding hydrogens is 374 g/mol. The van der Waals surface area contributed by atoms with Crippen molar-refractivity contribution in [3.63, 3.8) is 0 Å². The molecular formula is C25H29N3O2. The summed E-state index contributed by atoms with van der Waals surface area (Å²) in [5.41, 5.74) is 2.55. The van der Waals surface area contributed by atoms with Gasteiger partial charge in [0.05, 0.1) is 5.69 Å². The van der Waals surface area contributed by atoms with Crippen molar-refractivity contribution >= 4 is 5.91 Å². The Labute approximate surface area is 178 Å². The second-order valence-corrected chi connectivity index (χ2v) is 8.50. The van der Waals surface area contributed by atoms with Crippen molar-refractivity contribution < 1.29 is 4.79 Å². The van der Waals surface area contributed by atoms with Gasteiger partial charge in [-0.1, -0.05) is 81.4 Å². The quantitative estimate of drug-likeness (QED) is 0.603. The monoisotopic (exact) mass is 403 g/mol. The zero-order valence-electron chi connectivity index (χ0n) is 17.9. The number of nitrogens with zero attached hydrogens (tertiary/aromatic N) is 3. The molecule has 2 aromatic carbocycles. The van der Waals surface area contributed by atoms with Gasteiger partial charge in [-0.15, -0.1) is 0 Å². The van der Waals surface area contributed by atoms with E-state index < -0.39 is 0 Å². The summed E-state index contributed by atoms with van der Waals surface area (Å²) < 4.78 is 1.28. The van der Waals surface area contributed by atoms with Crippen molar-refractivity contribution in [3.8, 4) is 0 Å². The Hall–Kier alpha value is -3.21. The Morgan fingerprint density at radius 1 is 0.900 bits per heavy atom. The van der Waals surface area contributed by atoms with Crippen molar-refractivity contribution in [2.75, 3.05) is 6.54 Å². The highest BCUT2D eigenvalue weighted by molar-refractivity contribution is 5.76. The lowest BCUT2D eigenvalue weighted by Gasteiger charge is -2.24. The SMILES string of the molecule is CC(C)(C)c1ccc(=O)n(CC(=O)N(CCc2ccccc2)Cc2ccccc2)n1. The number of carbonyl (C=O) groups is 1. The molecule has 3 aromatic rings. The first-order chi connectivity index (χ1) is 14.3. The standard InChI is InChI=1S/C25H29N3O2/c1-25(2,3)22-14-15-23(29)28(26-22)19-24(30)27(18-21-12-8-5-9-13-21)17-16-20-10-6-4-7-11-20/h4-15H,16-19H2,1-3H3. The Bertz CT molecular complexity index is 1020. The maximum Gasteiger partial charge on any atom is 0.267 e. The topological polar surface area (TPSA) is 55.2 Å². The van der Waals surface area contributed by atoms with E-state index in [1.54, 1.807) is 11.0 Å². The molecule has 0 N–H and O–H groups in total. The highest BCUT2D eigenvalue weighted by Crippen LogP contribution is 2.18. The molecule has 0 unspecified atom stereocenters. The normalized spacial score (nSPS) is 11.3. The average molecular weight is 404 g/mol. The molecule has 0 saturated carbocycles. The smallest absolute Gasteiger partial charge is 0.267 e. The Morgan fingerprint density at radius 3 is 2.10 bits per heavy atom. The molecule has 3 rings (SSSR count). The van der Waals surface area contributed by atoms with Gasteiger partial charge in [-0.05, 0) is 23.6 Å².